The number of thiophene rings is 1. The topological polar surface area (TPSA) is 19.6 Å². The zero-order chi connectivity index (χ0) is 61.1. The van der Waals surface area contributed by atoms with Crippen molar-refractivity contribution >= 4 is 99.3 Å². The summed E-state index contributed by atoms with van der Waals surface area (Å²) >= 11 is 3.74. The largest absolute Gasteiger partial charge is 0.454 e. The Morgan fingerprint density at radius 1 is 0.364 bits per heavy atom. The molecule has 13 aromatic rings. The normalized spacial score (nSPS) is 14.5. The second-order valence-electron chi connectivity index (χ2n) is 28.2. The fourth-order valence-electron chi connectivity index (χ4n) is 13.5. The van der Waals surface area contributed by atoms with E-state index in [-0.39, 0.29) is 21.7 Å². The lowest BCUT2D eigenvalue weighted by Crippen LogP contribution is -2.29. The van der Waals surface area contributed by atoms with Crippen molar-refractivity contribution in [2.75, 3.05) is 9.80 Å². The van der Waals surface area contributed by atoms with Gasteiger partial charge >= 0.3 is 0 Å². The zero-order valence-corrected chi connectivity index (χ0v) is 54.3. The maximum Gasteiger partial charge on any atom is 0.160 e. The third-order valence-corrected chi connectivity index (χ3v) is 20.4. The van der Waals surface area contributed by atoms with Crippen molar-refractivity contribution < 1.29 is 4.42 Å². The van der Waals surface area contributed by atoms with Crippen LogP contribution in [0.5, 0.6) is 0 Å². The molecule has 0 saturated carbocycles. The minimum Gasteiger partial charge on any atom is -0.454 e. The first-order valence-electron chi connectivity index (χ1n) is 31.1. The van der Waals surface area contributed by atoms with Crippen LogP contribution in [0.1, 0.15) is 128 Å². The van der Waals surface area contributed by atoms with Gasteiger partial charge in [-0.2, -0.15) is 0 Å². The van der Waals surface area contributed by atoms with Gasteiger partial charge in [-0.15, -0.1) is 11.3 Å². The predicted molar refractivity (Wildman–Crippen MR) is 379 cm³/mol. The van der Waals surface area contributed by atoms with Gasteiger partial charge in [0.25, 0.3) is 0 Å². The van der Waals surface area contributed by atoms with Crippen LogP contribution in [-0.2, 0) is 27.1 Å². The monoisotopic (exact) mass is 1180 g/mol. The summed E-state index contributed by atoms with van der Waals surface area (Å²) in [5.41, 5.74) is 19.6. The lowest BCUT2D eigenvalue weighted by atomic mass is 9.67. The van der Waals surface area contributed by atoms with Crippen LogP contribution in [0.2, 0.25) is 0 Å². The minimum absolute atomic E-state index is 0.0211. The minimum atomic E-state index is -0.893. The summed E-state index contributed by atoms with van der Waals surface area (Å²) in [6.07, 6.45) is 0. The molecule has 1 unspecified atom stereocenters. The Bertz CT molecular complexity index is 4740. The van der Waals surface area contributed by atoms with Gasteiger partial charge in [0.2, 0.25) is 0 Å². The fourth-order valence-corrected chi connectivity index (χ4v) is 15.6. The van der Waals surface area contributed by atoms with Crippen molar-refractivity contribution in [2.24, 2.45) is 0 Å². The van der Waals surface area contributed by atoms with Gasteiger partial charge in [0.05, 0.1) is 16.8 Å². The number of para-hydroxylation sites is 3. The molecule has 14 rings (SSSR count). The van der Waals surface area contributed by atoms with E-state index in [0.29, 0.717) is 0 Å². The first-order chi connectivity index (χ1) is 42.2. The number of anilines is 6. The van der Waals surface area contributed by atoms with Gasteiger partial charge < -0.3 is 14.2 Å². The lowest BCUT2D eigenvalue weighted by molar-refractivity contribution is 0.589. The van der Waals surface area contributed by atoms with E-state index >= 15 is 0 Å². The molecule has 11 aromatic carbocycles. The van der Waals surface area contributed by atoms with Gasteiger partial charge in [0.15, 0.2) is 5.58 Å². The molecule has 0 spiro atoms. The molecule has 436 valence electrons. The summed E-state index contributed by atoms with van der Waals surface area (Å²) in [5, 5.41) is 4.66. The Labute approximate surface area is 528 Å². The lowest BCUT2D eigenvalue weighted by Gasteiger charge is -2.36. The highest BCUT2D eigenvalue weighted by Gasteiger charge is 2.50. The maximum absolute atomic E-state index is 7.49. The number of rotatable bonds is 10. The SMILES string of the molecule is CC(C)(C)c1ccc(Sc2ccc(C3(c4ccc(C(C)(C)C)cc4)c4cc(N(c5ccccc5)c5ccc(C(C)(C)C)cc5)c5c(sc6ccccc65)c4-c4c3cc(N(c3ccccc3)c3ccc(C(C)(C)C)cc3)c3oc5ccccc5c43)cc2)cc1. The van der Waals surface area contributed by atoms with E-state index in [1.165, 1.54) is 85.6 Å². The molecule has 0 fully saturated rings. The summed E-state index contributed by atoms with van der Waals surface area (Å²) < 4.78 is 9.98. The number of hydrogen-bond acceptors (Lipinski definition) is 5. The number of hydrogen-bond donors (Lipinski definition) is 0. The standard InChI is InChI=1S/C83H76N2OS2/c1-79(2,3)53-31-33-57(34-32-53)83(58-41-49-64(50-42-58)87-63-47-39-56(40-48-63)82(10,11)12)67-52-70(85(60-25-17-14-18-26-60)62-45-37-55(38-46-62)81(7,8)9)77-74(65-27-19-21-29-71(65)86-77)75(67)76-68(83)51-69(73-66-28-20-22-30-72(66)88-78(73)76)84(59-23-15-13-16-24-59)61-43-35-54(36-44-61)80(4,5)6/h13-52H,1-12H3. The van der Waals surface area contributed by atoms with Crippen LogP contribution in [0.25, 0.3) is 53.2 Å². The van der Waals surface area contributed by atoms with E-state index < -0.39 is 5.41 Å². The van der Waals surface area contributed by atoms with E-state index in [2.05, 4.69) is 336 Å². The first kappa shape index (κ1) is 57.2. The van der Waals surface area contributed by atoms with Crippen LogP contribution in [0.3, 0.4) is 0 Å². The van der Waals surface area contributed by atoms with Gasteiger partial charge in [-0.1, -0.05) is 240 Å². The number of nitrogens with zero attached hydrogens (tertiary/aromatic N) is 2. The Morgan fingerprint density at radius 3 is 1.26 bits per heavy atom. The van der Waals surface area contributed by atoms with Crippen LogP contribution >= 0.6 is 23.1 Å². The van der Waals surface area contributed by atoms with Gasteiger partial charge in [-0.25, -0.2) is 0 Å². The van der Waals surface area contributed by atoms with E-state index in [0.717, 1.165) is 56.1 Å². The van der Waals surface area contributed by atoms with Crippen molar-refractivity contribution in [1.82, 2.24) is 0 Å². The van der Waals surface area contributed by atoms with Crippen LogP contribution in [0.15, 0.2) is 257 Å². The molecule has 5 heteroatoms. The molecule has 0 amide bonds. The average molecular weight is 1180 g/mol. The maximum atomic E-state index is 7.49. The highest BCUT2D eigenvalue weighted by atomic mass is 32.2. The summed E-state index contributed by atoms with van der Waals surface area (Å²) in [6, 6.07) is 91.8. The number of furan rings is 1. The summed E-state index contributed by atoms with van der Waals surface area (Å²) in [5.74, 6) is 0. The summed E-state index contributed by atoms with van der Waals surface area (Å²) in [6.45, 7) is 27.6. The molecule has 88 heavy (non-hydrogen) atoms. The zero-order valence-electron chi connectivity index (χ0n) is 52.7. The van der Waals surface area contributed by atoms with E-state index in [9.17, 15) is 0 Å². The third kappa shape index (κ3) is 9.73. The van der Waals surface area contributed by atoms with Crippen molar-refractivity contribution in [3.8, 4) is 11.1 Å². The van der Waals surface area contributed by atoms with Gasteiger partial charge in [0.1, 0.15) is 5.58 Å². The Morgan fingerprint density at radius 2 is 0.750 bits per heavy atom. The van der Waals surface area contributed by atoms with Crippen molar-refractivity contribution in [3.05, 3.63) is 287 Å². The van der Waals surface area contributed by atoms with Crippen LogP contribution in [0, 0.1) is 0 Å². The molecule has 0 aliphatic heterocycles. The Hall–Kier alpha value is -8.61. The molecular weight excluding hydrogens is 1110 g/mol. The Kier molecular flexibility index (Phi) is 13.8. The summed E-state index contributed by atoms with van der Waals surface area (Å²) in [7, 11) is 0. The van der Waals surface area contributed by atoms with Crippen molar-refractivity contribution in [2.45, 2.75) is 120 Å². The van der Waals surface area contributed by atoms with Crippen molar-refractivity contribution in [3.63, 3.8) is 0 Å². The average Bonchev–Trinajstić information content (AvgIpc) is 1.50. The van der Waals surface area contributed by atoms with Crippen LogP contribution < -0.4 is 9.80 Å². The highest BCUT2D eigenvalue weighted by molar-refractivity contribution is 7.99. The third-order valence-electron chi connectivity index (χ3n) is 18.2. The first-order valence-corrected chi connectivity index (χ1v) is 32.7. The molecule has 3 nitrogen and oxygen atoms in total. The second kappa shape index (κ2) is 21.3. The smallest absolute Gasteiger partial charge is 0.160 e. The van der Waals surface area contributed by atoms with E-state index in [1.54, 1.807) is 0 Å². The molecule has 0 bridgehead atoms. The van der Waals surface area contributed by atoms with Gasteiger partial charge in [-0.05, 0) is 163 Å². The molecule has 1 aliphatic rings. The highest BCUT2D eigenvalue weighted by Crippen LogP contribution is 2.65. The van der Waals surface area contributed by atoms with E-state index in [1.807, 2.05) is 23.1 Å². The molecule has 1 atom stereocenters. The molecule has 2 heterocycles. The molecular formula is C83H76N2OS2. The van der Waals surface area contributed by atoms with Gasteiger partial charge in [0, 0.05) is 74.6 Å². The molecule has 0 radical (unpaired) electrons. The van der Waals surface area contributed by atoms with Gasteiger partial charge in [-0.3, -0.25) is 0 Å². The summed E-state index contributed by atoms with van der Waals surface area (Å²) in [4.78, 5) is 7.37. The fraction of sp³-hybridized carbons (Fsp3) is 0.205. The molecule has 0 N–H and O–H groups in total. The Balaban J connectivity index is 1.16. The molecule has 2 aromatic heterocycles. The quantitative estimate of drug-likeness (QED) is 0.136. The number of fused-ring (bicyclic) bond motifs is 11. The van der Waals surface area contributed by atoms with E-state index in [4.69, 9.17) is 4.42 Å². The van der Waals surface area contributed by atoms with Crippen LogP contribution in [-0.4, -0.2) is 0 Å². The molecule has 1 aliphatic carbocycles. The van der Waals surface area contributed by atoms with Crippen molar-refractivity contribution in [1.29, 1.82) is 0 Å². The number of benzene rings is 11. The van der Waals surface area contributed by atoms with Crippen LogP contribution in [0.4, 0.5) is 34.1 Å². The second-order valence-corrected chi connectivity index (χ2v) is 30.4. The predicted octanol–water partition coefficient (Wildman–Crippen LogP) is 24.6. The molecule has 0 saturated heterocycles.